The lowest BCUT2D eigenvalue weighted by Gasteiger charge is -2.28. The molecule has 1 heterocycles. The highest BCUT2D eigenvalue weighted by Gasteiger charge is 2.16. The highest BCUT2D eigenvalue weighted by atomic mass is 33.1. The molecule has 4 heteroatoms. The first-order valence-electron chi connectivity index (χ1n) is 3.60. The van der Waals surface area contributed by atoms with Gasteiger partial charge in [0.1, 0.15) is 0 Å². The molecule has 0 amide bonds. The number of piperidine rings is 1. The standard InChI is InChI=1S/C6H14N2S2/c1-7-6-2-4-8(10-9)5-3-6/h6-7,9H,2-5H2,1H3. The molecule has 0 aliphatic carbocycles. The monoisotopic (exact) mass is 178 g/mol. The molecular formula is C6H14N2S2. The molecule has 0 saturated carbocycles. The molecular weight excluding hydrogens is 164 g/mol. The Kier molecular flexibility index (Phi) is 3.91. The van der Waals surface area contributed by atoms with Crippen molar-refractivity contribution in [2.75, 3.05) is 20.1 Å². The van der Waals surface area contributed by atoms with E-state index in [1.807, 2.05) is 7.05 Å². The minimum absolute atomic E-state index is 0.733. The number of rotatable bonds is 2. The van der Waals surface area contributed by atoms with Gasteiger partial charge in [-0.1, -0.05) is 11.7 Å². The van der Waals surface area contributed by atoms with Gasteiger partial charge >= 0.3 is 0 Å². The normalized spacial score (nSPS) is 23.4. The molecule has 60 valence electrons. The molecule has 1 rings (SSSR count). The molecule has 0 aromatic heterocycles. The van der Waals surface area contributed by atoms with Crippen molar-refractivity contribution in [2.45, 2.75) is 18.9 Å². The van der Waals surface area contributed by atoms with E-state index in [1.54, 1.807) is 11.0 Å². The van der Waals surface area contributed by atoms with Crippen LogP contribution in [0.5, 0.6) is 0 Å². The molecule has 0 atom stereocenters. The first-order valence-corrected chi connectivity index (χ1v) is 5.43. The third-order valence-electron chi connectivity index (χ3n) is 1.98. The van der Waals surface area contributed by atoms with Gasteiger partial charge in [0.05, 0.1) is 0 Å². The molecule has 0 bridgehead atoms. The second-order valence-electron chi connectivity index (χ2n) is 2.57. The number of nitrogens with one attached hydrogen (secondary N) is 1. The van der Waals surface area contributed by atoms with Crippen LogP contribution in [0.25, 0.3) is 0 Å². The second-order valence-corrected chi connectivity index (χ2v) is 3.74. The highest BCUT2D eigenvalue weighted by molar-refractivity contribution is 8.67. The summed E-state index contributed by atoms with van der Waals surface area (Å²) in [6, 6.07) is 0.733. The van der Waals surface area contributed by atoms with Crippen LogP contribution in [0.4, 0.5) is 0 Å². The number of hydrogen-bond acceptors (Lipinski definition) is 4. The van der Waals surface area contributed by atoms with E-state index in [4.69, 9.17) is 0 Å². The van der Waals surface area contributed by atoms with E-state index >= 15 is 0 Å². The summed E-state index contributed by atoms with van der Waals surface area (Å²) < 4.78 is 2.29. The van der Waals surface area contributed by atoms with E-state index in [-0.39, 0.29) is 0 Å². The number of thiol groups is 1. The zero-order chi connectivity index (χ0) is 7.40. The Labute approximate surface area is 71.7 Å². The molecule has 1 saturated heterocycles. The smallest absolute Gasteiger partial charge is 0.0112 e. The van der Waals surface area contributed by atoms with Crippen LogP contribution in [-0.4, -0.2) is 30.5 Å². The topological polar surface area (TPSA) is 15.3 Å². The summed E-state index contributed by atoms with van der Waals surface area (Å²) in [5.41, 5.74) is 0. The zero-order valence-electron chi connectivity index (χ0n) is 6.21. The maximum atomic E-state index is 4.14. The van der Waals surface area contributed by atoms with Crippen molar-refractivity contribution in [3.05, 3.63) is 0 Å². The van der Waals surface area contributed by atoms with Crippen LogP contribution in [0.1, 0.15) is 12.8 Å². The van der Waals surface area contributed by atoms with Gasteiger partial charge in [-0.05, 0) is 30.9 Å². The summed E-state index contributed by atoms with van der Waals surface area (Å²) in [4.78, 5) is 0. The zero-order valence-corrected chi connectivity index (χ0v) is 7.92. The maximum Gasteiger partial charge on any atom is 0.0112 e. The number of hydrogen-bond donors (Lipinski definition) is 2. The summed E-state index contributed by atoms with van der Waals surface area (Å²) in [6.07, 6.45) is 2.51. The van der Waals surface area contributed by atoms with Crippen molar-refractivity contribution in [1.29, 1.82) is 0 Å². The molecule has 0 aromatic rings. The summed E-state index contributed by atoms with van der Waals surface area (Å²) in [6.45, 7) is 2.33. The molecule has 0 aromatic carbocycles. The first-order chi connectivity index (χ1) is 4.86. The third kappa shape index (κ3) is 2.34. The van der Waals surface area contributed by atoms with Gasteiger partial charge in [-0.3, -0.25) is 0 Å². The molecule has 2 nitrogen and oxygen atoms in total. The molecule has 10 heavy (non-hydrogen) atoms. The molecule has 1 fully saturated rings. The Morgan fingerprint density at radius 3 is 2.50 bits per heavy atom. The average molecular weight is 178 g/mol. The molecule has 0 radical (unpaired) electrons. The minimum Gasteiger partial charge on any atom is -0.317 e. The Bertz CT molecular complexity index is 79.7. The predicted molar refractivity (Wildman–Crippen MR) is 50.2 cm³/mol. The van der Waals surface area contributed by atoms with Gasteiger partial charge in [0, 0.05) is 19.1 Å². The van der Waals surface area contributed by atoms with Gasteiger partial charge in [0.15, 0.2) is 0 Å². The summed E-state index contributed by atoms with van der Waals surface area (Å²) in [7, 11) is 3.59. The van der Waals surface area contributed by atoms with Gasteiger partial charge in [-0.25, -0.2) is 4.31 Å². The van der Waals surface area contributed by atoms with Gasteiger partial charge in [-0.15, -0.1) is 0 Å². The quantitative estimate of drug-likeness (QED) is 0.375. The van der Waals surface area contributed by atoms with E-state index in [0.717, 1.165) is 6.04 Å². The van der Waals surface area contributed by atoms with Crippen LogP contribution in [0.3, 0.4) is 0 Å². The fraction of sp³-hybridized carbons (Fsp3) is 1.00. The van der Waals surface area contributed by atoms with Crippen LogP contribution in [-0.2, 0) is 0 Å². The van der Waals surface area contributed by atoms with Gasteiger partial charge in [-0.2, -0.15) is 0 Å². The van der Waals surface area contributed by atoms with Crippen LogP contribution in [0.2, 0.25) is 0 Å². The van der Waals surface area contributed by atoms with Crippen LogP contribution < -0.4 is 5.32 Å². The van der Waals surface area contributed by atoms with Gasteiger partial charge < -0.3 is 5.32 Å². The van der Waals surface area contributed by atoms with Crippen molar-refractivity contribution in [3.63, 3.8) is 0 Å². The first kappa shape index (κ1) is 8.71. The van der Waals surface area contributed by atoms with E-state index < -0.39 is 0 Å². The number of nitrogens with zero attached hydrogens (tertiary/aromatic N) is 1. The Hall–Kier alpha value is 0.620. The predicted octanol–water partition coefficient (Wildman–Crippen LogP) is 1.16. The van der Waals surface area contributed by atoms with Crippen molar-refractivity contribution < 1.29 is 0 Å². The van der Waals surface area contributed by atoms with E-state index in [9.17, 15) is 0 Å². The van der Waals surface area contributed by atoms with Crippen molar-refractivity contribution in [1.82, 2.24) is 9.62 Å². The Morgan fingerprint density at radius 1 is 1.50 bits per heavy atom. The van der Waals surface area contributed by atoms with Crippen molar-refractivity contribution >= 4 is 22.6 Å². The van der Waals surface area contributed by atoms with E-state index in [1.165, 1.54) is 25.9 Å². The van der Waals surface area contributed by atoms with Gasteiger partial charge in [0.2, 0.25) is 0 Å². The van der Waals surface area contributed by atoms with Crippen molar-refractivity contribution in [2.24, 2.45) is 0 Å². The lowest BCUT2D eigenvalue weighted by atomic mass is 10.1. The fourth-order valence-corrected chi connectivity index (χ4v) is 2.09. The van der Waals surface area contributed by atoms with Gasteiger partial charge in [0.25, 0.3) is 0 Å². The average Bonchev–Trinajstić information content (AvgIpc) is 2.05. The molecule has 1 aliphatic heterocycles. The molecule has 0 spiro atoms. The molecule has 1 aliphatic rings. The largest absolute Gasteiger partial charge is 0.317 e. The van der Waals surface area contributed by atoms with Crippen LogP contribution in [0.15, 0.2) is 0 Å². The summed E-state index contributed by atoms with van der Waals surface area (Å²) >= 11 is 4.14. The van der Waals surface area contributed by atoms with Crippen LogP contribution >= 0.6 is 22.6 Å². The molecule has 1 N–H and O–H groups in total. The highest BCUT2D eigenvalue weighted by Crippen LogP contribution is 2.20. The SMILES string of the molecule is CNC1CCN(SS)CC1. The van der Waals surface area contributed by atoms with E-state index in [2.05, 4.69) is 21.3 Å². The maximum absolute atomic E-state index is 4.14. The fourth-order valence-electron chi connectivity index (χ4n) is 1.23. The minimum atomic E-state index is 0.733. The second kappa shape index (κ2) is 4.49. The Balaban J connectivity index is 2.17. The summed E-state index contributed by atoms with van der Waals surface area (Å²) in [5, 5.41) is 3.29. The van der Waals surface area contributed by atoms with Crippen molar-refractivity contribution in [3.8, 4) is 0 Å². The lowest BCUT2D eigenvalue weighted by Crippen LogP contribution is -2.37. The summed E-state index contributed by atoms with van der Waals surface area (Å²) in [5.74, 6) is 0. The Morgan fingerprint density at radius 2 is 2.10 bits per heavy atom. The third-order valence-corrected chi connectivity index (χ3v) is 3.27. The van der Waals surface area contributed by atoms with E-state index in [0.29, 0.717) is 0 Å². The lowest BCUT2D eigenvalue weighted by molar-refractivity contribution is 0.321. The van der Waals surface area contributed by atoms with Crippen LogP contribution in [0, 0.1) is 0 Å². The molecule has 0 unspecified atom stereocenters.